The second-order valence-electron chi connectivity index (χ2n) is 5.10. The SMILES string of the molecule is COc1cc(OC)cc(-n2nnnc2CNCC(C)C)c1. The summed E-state index contributed by atoms with van der Waals surface area (Å²) in [5.41, 5.74) is 0.803. The van der Waals surface area contributed by atoms with E-state index in [1.807, 2.05) is 18.2 Å². The van der Waals surface area contributed by atoms with E-state index in [0.717, 1.165) is 18.1 Å². The second-order valence-corrected chi connectivity index (χ2v) is 5.10. The summed E-state index contributed by atoms with van der Waals surface area (Å²) >= 11 is 0. The molecule has 21 heavy (non-hydrogen) atoms. The van der Waals surface area contributed by atoms with Gasteiger partial charge in [0, 0.05) is 18.2 Å². The maximum absolute atomic E-state index is 5.27. The number of aromatic nitrogens is 4. The molecule has 0 fully saturated rings. The van der Waals surface area contributed by atoms with E-state index in [4.69, 9.17) is 9.47 Å². The second kappa shape index (κ2) is 7.03. The van der Waals surface area contributed by atoms with Gasteiger partial charge < -0.3 is 14.8 Å². The molecule has 1 aromatic carbocycles. The number of methoxy groups -OCH3 is 2. The zero-order chi connectivity index (χ0) is 15.2. The number of nitrogens with zero attached hydrogens (tertiary/aromatic N) is 4. The molecule has 2 rings (SSSR count). The minimum absolute atomic E-state index is 0.575. The quantitative estimate of drug-likeness (QED) is 0.831. The van der Waals surface area contributed by atoms with Gasteiger partial charge in [-0.1, -0.05) is 13.8 Å². The van der Waals surface area contributed by atoms with Gasteiger partial charge in [0.25, 0.3) is 0 Å². The van der Waals surface area contributed by atoms with Crippen molar-refractivity contribution in [2.45, 2.75) is 20.4 Å². The van der Waals surface area contributed by atoms with Crippen LogP contribution in [0.3, 0.4) is 0 Å². The van der Waals surface area contributed by atoms with Crippen LogP contribution in [0.15, 0.2) is 18.2 Å². The summed E-state index contributed by atoms with van der Waals surface area (Å²) < 4.78 is 12.2. The minimum Gasteiger partial charge on any atom is -0.497 e. The van der Waals surface area contributed by atoms with Crippen molar-refractivity contribution < 1.29 is 9.47 Å². The lowest BCUT2D eigenvalue weighted by atomic mass is 10.2. The highest BCUT2D eigenvalue weighted by atomic mass is 16.5. The van der Waals surface area contributed by atoms with Crippen LogP contribution in [0.25, 0.3) is 5.69 Å². The van der Waals surface area contributed by atoms with E-state index >= 15 is 0 Å². The molecule has 0 unspecified atom stereocenters. The minimum atomic E-state index is 0.575. The number of benzene rings is 1. The fraction of sp³-hybridized carbons (Fsp3) is 0.500. The van der Waals surface area contributed by atoms with Crippen LogP contribution in [-0.2, 0) is 6.54 Å². The highest BCUT2D eigenvalue weighted by Crippen LogP contribution is 2.24. The van der Waals surface area contributed by atoms with Crippen LogP contribution < -0.4 is 14.8 Å². The third-order valence-corrected chi connectivity index (χ3v) is 2.95. The third kappa shape index (κ3) is 3.91. The summed E-state index contributed by atoms with van der Waals surface area (Å²) in [6.45, 7) is 5.82. The van der Waals surface area contributed by atoms with Gasteiger partial charge in [0.2, 0.25) is 0 Å². The summed E-state index contributed by atoms with van der Waals surface area (Å²) in [4.78, 5) is 0. The monoisotopic (exact) mass is 291 g/mol. The van der Waals surface area contributed by atoms with E-state index in [0.29, 0.717) is 24.0 Å². The van der Waals surface area contributed by atoms with Crippen LogP contribution in [0.4, 0.5) is 0 Å². The lowest BCUT2D eigenvalue weighted by Gasteiger charge is -2.10. The lowest BCUT2D eigenvalue weighted by molar-refractivity contribution is 0.393. The molecule has 1 N–H and O–H groups in total. The highest BCUT2D eigenvalue weighted by molar-refractivity contribution is 5.46. The Morgan fingerprint density at radius 3 is 2.38 bits per heavy atom. The molecule has 0 saturated heterocycles. The summed E-state index contributed by atoms with van der Waals surface area (Å²) in [7, 11) is 3.23. The molecular formula is C14H21N5O2. The van der Waals surface area contributed by atoms with Gasteiger partial charge in [-0.05, 0) is 22.9 Å². The normalized spacial score (nSPS) is 10.9. The number of ether oxygens (including phenoxy) is 2. The first kappa shape index (κ1) is 15.2. The van der Waals surface area contributed by atoms with E-state index in [-0.39, 0.29) is 0 Å². The van der Waals surface area contributed by atoms with Crippen LogP contribution >= 0.6 is 0 Å². The van der Waals surface area contributed by atoms with Gasteiger partial charge in [0.1, 0.15) is 11.5 Å². The largest absolute Gasteiger partial charge is 0.497 e. The smallest absolute Gasteiger partial charge is 0.170 e. The van der Waals surface area contributed by atoms with Crippen molar-refractivity contribution in [3.05, 3.63) is 24.0 Å². The molecule has 0 spiro atoms. The Balaban J connectivity index is 2.23. The molecule has 2 aromatic rings. The van der Waals surface area contributed by atoms with E-state index in [1.54, 1.807) is 18.9 Å². The zero-order valence-electron chi connectivity index (χ0n) is 12.8. The van der Waals surface area contributed by atoms with Gasteiger partial charge in [-0.2, -0.15) is 4.68 Å². The molecule has 1 aromatic heterocycles. The van der Waals surface area contributed by atoms with Crippen LogP contribution in [0, 0.1) is 5.92 Å². The zero-order valence-corrected chi connectivity index (χ0v) is 12.8. The van der Waals surface area contributed by atoms with E-state index in [2.05, 4.69) is 34.7 Å². The van der Waals surface area contributed by atoms with Crippen molar-refractivity contribution in [3.63, 3.8) is 0 Å². The number of hydrogen-bond acceptors (Lipinski definition) is 6. The standard InChI is InChI=1S/C14H21N5O2/c1-10(2)8-15-9-14-16-17-18-19(14)11-5-12(20-3)7-13(6-11)21-4/h5-7,10,15H,8-9H2,1-4H3. The molecule has 7 heteroatoms. The Labute approximate surface area is 124 Å². The maximum atomic E-state index is 5.27. The van der Waals surface area contributed by atoms with Gasteiger partial charge >= 0.3 is 0 Å². The van der Waals surface area contributed by atoms with Gasteiger partial charge in [-0.25, -0.2) is 0 Å². The molecule has 0 saturated carbocycles. The molecule has 0 atom stereocenters. The maximum Gasteiger partial charge on any atom is 0.170 e. The first-order chi connectivity index (χ1) is 10.1. The van der Waals surface area contributed by atoms with Crippen LogP contribution in [0.5, 0.6) is 11.5 Å². The summed E-state index contributed by atoms with van der Waals surface area (Å²) in [6, 6.07) is 5.54. The van der Waals surface area contributed by atoms with Crippen molar-refractivity contribution in [1.82, 2.24) is 25.5 Å². The van der Waals surface area contributed by atoms with Crippen molar-refractivity contribution >= 4 is 0 Å². The molecule has 0 bridgehead atoms. The van der Waals surface area contributed by atoms with Crippen molar-refractivity contribution in [3.8, 4) is 17.2 Å². The van der Waals surface area contributed by atoms with E-state index in [1.165, 1.54) is 0 Å². The summed E-state index contributed by atoms with van der Waals surface area (Å²) in [5, 5.41) is 15.2. The van der Waals surface area contributed by atoms with Crippen LogP contribution in [0.2, 0.25) is 0 Å². The lowest BCUT2D eigenvalue weighted by Crippen LogP contribution is -2.21. The van der Waals surface area contributed by atoms with Crippen LogP contribution in [0.1, 0.15) is 19.7 Å². The van der Waals surface area contributed by atoms with Gasteiger partial charge in [-0.15, -0.1) is 5.10 Å². The van der Waals surface area contributed by atoms with Gasteiger partial charge in [0.05, 0.1) is 26.5 Å². The highest BCUT2D eigenvalue weighted by Gasteiger charge is 2.11. The molecule has 0 aliphatic carbocycles. The average Bonchev–Trinajstić information content (AvgIpc) is 2.94. The molecule has 114 valence electrons. The van der Waals surface area contributed by atoms with Gasteiger partial charge in [-0.3, -0.25) is 0 Å². The summed E-state index contributed by atoms with van der Waals surface area (Å²) in [5.74, 6) is 2.71. The van der Waals surface area contributed by atoms with Crippen LogP contribution in [-0.4, -0.2) is 41.0 Å². The molecule has 7 nitrogen and oxygen atoms in total. The first-order valence-corrected chi connectivity index (χ1v) is 6.85. The molecular weight excluding hydrogens is 270 g/mol. The Bertz CT molecular complexity index is 560. The topological polar surface area (TPSA) is 74.1 Å². The molecule has 0 aliphatic rings. The molecule has 0 aliphatic heterocycles. The Kier molecular flexibility index (Phi) is 5.10. The number of nitrogens with one attached hydrogen (secondary N) is 1. The number of tetrazole rings is 1. The first-order valence-electron chi connectivity index (χ1n) is 6.85. The van der Waals surface area contributed by atoms with Gasteiger partial charge in [0.15, 0.2) is 5.82 Å². The summed E-state index contributed by atoms with van der Waals surface area (Å²) in [6.07, 6.45) is 0. The molecule has 0 amide bonds. The van der Waals surface area contributed by atoms with Crippen molar-refractivity contribution in [2.75, 3.05) is 20.8 Å². The van der Waals surface area contributed by atoms with E-state index < -0.39 is 0 Å². The fourth-order valence-corrected chi connectivity index (χ4v) is 1.90. The van der Waals surface area contributed by atoms with Crippen molar-refractivity contribution in [1.29, 1.82) is 0 Å². The van der Waals surface area contributed by atoms with E-state index in [9.17, 15) is 0 Å². The fourth-order valence-electron chi connectivity index (χ4n) is 1.90. The Hall–Kier alpha value is -2.15. The molecule has 0 radical (unpaired) electrons. The predicted molar refractivity (Wildman–Crippen MR) is 78.8 cm³/mol. The Morgan fingerprint density at radius 2 is 1.81 bits per heavy atom. The predicted octanol–water partition coefficient (Wildman–Crippen LogP) is 1.43. The Morgan fingerprint density at radius 1 is 1.14 bits per heavy atom. The molecule has 1 heterocycles. The number of rotatable bonds is 7. The average molecular weight is 291 g/mol. The number of hydrogen-bond donors (Lipinski definition) is 1. The third-order valence-electron chi connectivity index (χ3n) is 2.95. The van der Waals surface area contributed by atoms with Crippen molar-refractivity contribution in [2.24, 2.45) is 5.92 Å².